The molecule has 0 aliphatic heterocycles. The number of carbonyl (C=O) groups excluding carboxylic acids is 1. The highest BCUT2D eigenvalue weighted by molar-refractivity contribution is 5.93. The summed E-state index contributed by atoms with van der Waals surface area (Å²) >= 11 is 0. The van der Waals surface area contributed by atoms with Gasteiger partial charge in [0.25, 0.3) is 0 Å². The van der Waals surface area contributed by atoms with Crippen molar-refractivity contribution < 1.29 is 9.53 Å². The Hall–Kier alpha value is -1.42. The van der Waals surface area contributed by atoms with Crippen LogP contribution in [-0.2, 0) is 0 Å². The van der Waals surface area contributed by atoms with Gasteiger partial charge in [0.1, 0.15) is 18.1 Å². The molecule has 0 aromatic carbocycles. The number of hydrogen-bond acceptors (Lipinski definition) is 4. The van der Waals surface area contributed by atoms with Gasteiger partial charge in [0, 0.05) is 13.0 Å². The van der Waals surface area contributed by atoms with Crippen molar-refractivity contribution in [1.29, 1.82) is 0 Å². The van der Waals surface area contributed by atoms with Gasteiger partial charge in [-0.15, -0.1) is 0 Å². The first-order valence-electron chi connectivity index (χ1n) is 5.40. The largest absolute Gasteiger partial charge is 0.491 e. The van der Waals surface area contributed by atoms with E-state index in [9.17, 15) is 4.79 Å². The Morgan fingerprint density at radius 2 is 2.19 bits per heavy atom. The third kappa shape index (κ3) is 3.98. The number of rotatable bonds is 6. The fourth-order valence-corrected chi connectivity index (χ4v) is 1.16. The Kier molecular flexibility index (Phi) is 4.92. The second-order valence-electron chi connectivity index (χ2n) is 3.81. The number of pyridine rings is 1. The standard InChI is InChI=1S/C12H18N2O2/c1-4-12(15)11-6-5-10(9-13-11)16-8-7-14(2)3/h5-6,9H,4,7-8H2,1-3H3. The fraction of sp³-hybridized carbons (Fsp3) is 0.500. The van der Waals surface area contributed by atoms with Crippen LogP contribution in [0.4, 0.5) is 0 Å². The predicted molar refractivity (Wildman–Crippen MR) is 62.9 cm³/mol. The van der Waals surface area contributed by atoms with Crippen LogP contribution in [0.3, 0.4) is 0 Å². The van der Waals surface area contributed by atoms with E-state index in [0.717, 1.165) is 6.54 Å². The molecule has 88 valence electrons. The summed E-state index contributed by atoms with van der Waals surface area (Å²) in [6, 6.07) is 3.49. The van der Waals surface area contributed by atoms with Gasteiger partial charge in [-0.1, -0.05) is 6.92 Å². The van der Waals surface area contributed by atoms with E-state index in [4.69, 9.17) is 4.74 Å². The van der Waals surface area contributed by atoms with Gasteiger partial charge in [-0.3, -0.25) is 4.79 Å². The zero-order valence-corrected chi connectivity index (χ0v) is 10.1. The molecule has 0 saturated heterocycles. The lowest BCUT2D eigenvalue weighted by Crippen LogP contribution is -2.19. The van der Waals surface area contributed by atoms with Gasteiger partial charge >= 0.3 is 0 Å². The molecule has 0 atom stereocenters. The summed E-state index contributed by atoms with van der Waals surface area (Å²) in [4.78, 5) is 17.4. The third-order valence-corrected chi connectivity index (χ3v) is 2.15. The number of ether oxygens (including phenoxy) is 1. The molecule has 1 heterocycles. The molecule has 0 N–H and O–H groups in total. The topological polar surface area (TPSA) is 42.4 Å². The molecule has 0 fully saturated rings. The van der Waals surface area contributed by atoms with Crippen LogP contribution in [0.25, 0.3) is 0 Å². The zero-order valence-electron chi connectivity index (χ0n) is 10.1. The molecule has 0 aliphatic carbocycles. The second-order valence-corrected chi connectivity index (χ2v) is 3.81. The van der Waals surface area contributed by atoms with Crippen LogP contribution in [0.2, 0.25) is 0 Å². The van der Waals surface area contributed by atoms with Gasteiger partial charge in [-0.05, 0) is 26.2 Å². The number of nitrogens with zero attached hydrogens (tertiary/aromatic N) is 2. The van der Waals surface area contributed by atoms with Crippen molar-refractivity contribution in [2.75, 3.05) is 27.2 Å². The highest BCUT2D eigenvalue weighted by atomic mass is 16.5. The average Bonchev–Trinajstić information content (AvgIpc) is 2.28. The fourth-order valence-electron chi connectivity index (χ4n) is 1.16. The van der Waals surface area contributed by atoms with E-state index in [1.165, 1.54) is 0 Å². The van der Waals surface area contributed by atoms with Crippen molar-refractivity contribution >= 4 is 5.78 Å². The molecule has 0 spiro atoms. The number of hydrogen-bond donors (Lipinski definition) is 0. The molecular weight excluding hydrogens is 204 g/mol. The molecule has 0 unspecified atom stereocenters. The summed E-state index contributed by atoms with van der Waals surface area (Å²) in [5.74, 6) is 0.759. The molecule has 0 aliphatic rings. The van der Waals surface area contributed by atoms with Crippen LogP contribution in [0.15, 0.2) is 18.3 Å². The molecule has 0 radical (unpaired) electrons. The van der Waals surface area contributed by atoms with E-state index < -0.39 is 0 Å². The maximum Gasteiger partial charge on any atom is 0.180 e. The summed E-state index contributed by atoms with van der Waals surface area (Å²) in [6.45, 7) is 3.30. The maximum absolute atomic E-state index is 11.3. The molecule has 1 aromatic heterocycles. The first kappa shape index (κ1) is 12.6. The quantitative estimate of drug-likeness (QED) is 0.686. The molecule has 4 heteroatoms. The Balaban J connectivity index is 2.48. The Labute approximate surface area is 96.2 Å². The van der Waals surface area contributed by atoms with E-state index >= 15 is 0 Å². The number of aromatic nitrogens is 1. The molecule has 16 heavy (non-hydrogen) atoms. The maximum atomic E-state index is 11.3. The molecule has 0 saturated carbocycles. The lowest BCUT2D eigenvalue weighted by Gasteiger charge is -2.10. The number of carbonyl (C=O) groups is 1. The van der Waals surface area contributed by atoms with Crippen LogP contribution >= 0.6 is 0 Å². The summed E-state index contributed by atoms with van der Waals surface area (Å²) < 4.78 is 5.47. The number of likely N-dealkylation sites (N-methyl/N-ethyl adjacent to an activating group) is 1. The van der Waals surface area contributed by atoms with Crippen LogP contribution in [-0.4, -0.2) is 42.9 Å². The van der Waals surface area contributed by atoms with Gasteiger partial charge < -0.3 is 9.64 Å². The van der Waals surface area contributed by atoms with Gasteiger partial charge in [-0.2, -0.15) is 0 Å². The van der Waals surface area contributed by atoms with E-state index in [2.05, 4.69) is 4.98 Å². The average molecular weight is 222 g/mol. The van der Waals surface area contributed by atoms with Gasteiger partial charge in [0.05, 0.1) is 6.20 Å². The summed E-state index contributed by atoms with van der Waals surface area (Å²) in [5, 5.41) is 0. The molecule has 1 aromatic rings. The first-order chi connectivity index (χ1) is 7.63. The van der Waals surface area contributed by atoms with E-state index in [1.807, 2.05) is 25.9 Å². The normalized spacial score (nSPS) is 10.5. The predicted octanol–water partition coefficient (Wildman–Crippen LogP) is 1.61. The van der Waals surface area contributed by atoms with Gasteiger partial charge in [-0.25, -0.2) is 4.98 Å². The summed E-state index contributed by atoms with van der Waals surface area (Å²) in [7, 11) is 3.98. The van der Waals surface area contributed by atoms with Crippen molar-refractivity contribution in [1.82, 2.24) is 9.88 Å². The van der Waals surface area contributed by atoms with Crippen LogP contribution < -0.4 is 4.74 Å². The van der Waals surface area contributed by atoms with Crippen molar-refractivity contribution in [3.05, 3.63) is 24.0 Å². The van der Waals surface area contributed by atoms with Crippen LogP contribution in [0, 0.1) is 0 Å². The number of Topliss-reactive ketones (excluding diaryl/α,β-unsaturated/α-hetero) is 1. The van der Waals surface area contributed by atoms with Crippen molar-refractivity contribution in [3.63, 3.8) is 0 Å². The monoisotopic (exact) mass is 222 g/mol. The highest BCUT2D eigenvalue weighted by Gasteiger charge is 2.04. The Morgan fingerprint density at radius 3 is 2.69 bits per heavy atom. The van der Waals surface area contributed by atoms with Crippen LogP contribution in [0.1, 0.15) is 23.8 Å². The SMILES string of the molecule is CCC(=O)c1ccc(OCCN(C)C)cn1. The summed E-state index contributed by atoms with van der Waals surface area (Å²) in [5.41, 5.74) is 0.502. The highest BCUT2D eigenvalue weighted by Crippen LogP contribution is 2.10. The van der Waals surface area contributed by atoms with E-state index in [1.54, 1.807) is 18.3 Å². The Morgan fingerprint density at radius 1 is 1.44 bits per heavy atom. The van der Waals surface area contributed by atoms with Crippen molar-refractivity contribution in [2.45, 2.75) is 13.3 Å². The first-order valence-corrected chi connectivity index (χ1v) is 5.40. The molecular formula is C12H18N2O2. The van der Waals surface area contributed by atoms with Crippen molar-refractivity contribution in [2.24, 2.45) is 0 Å². The smallest absolute Gasteiger partial charge is 0.180 e. The molecule has 1 rings (SSSR count). The molecule has 4 nitrogen and oxygen atoms in total. The lowest BCUT2D eigenvalue weighted by atomic mass is 10.2. The zero-order chi connectivity index (χ0) is 12.0. The minimum atomic E-state index is 0.0554. The lowest BCUT2D eigenvalue weighted by molar-refractivity contribution is 0.0983. The van der Waals surface area contributed by atoms with Gasteiger partial charge in [0.2, 0.25) is 0 Å². The third-order valence-electron chi connectivity index (χ3n) is 2.15. The summed E-state index contributed by atoms with van der Waals surface area (Å²) in [6.07, 6.45) is 2.08. The van der Waals surface area contributed by atoms with Crippen LogP contribution in [0.5, 0.6) is 5.75 Å². The van der Waals surface area contributed by atoms with Crippen molar-refractivity contribution in [3.8, 4) is 5.75 Å². The van der Waals surface area contributed by atoms with E-state index in [0.29, 0.717) is 24.5 Å². The number of ketones is 1. The molecule has 0 amide bonds. The van der Waals surface area contributed by atoms with E-state index in [-0.39, 0.29) is 5.78 Å². The second kappa shape index (κ2) is 6.23. The molecule has 0 bridgehead atoms. The van der Waals surface area contributed by atoms with Gasteiger partial charge in [0.15, 0.2) is 5.78 Å². The minimum absolute atomic E-state index is 0.0554. The minimum Gasteiger partial charge on any atom is -0.491 e. The Bertz CT molecular complexity index is 333.